The number of benzene rings is 1. The highest BCUT2D eigenvalue weighted by atomic mass is 16.5. The van der Waals surface area contributed by atoms with Gasteiger partial charge in [-0.15, -0.1) is 0 Å². The van der Waals surface area contributed by atoms with Crippen molar-refractivity contribution in [3.63, 3.8) is 0 Å². The van der Waals surface area contributed by atoms with E-state index in [4.69, 9.17) is 4.74 Å². The second kappa shape index (κ2) is 9.55. The lowest BCUT2D eigenvalue weighted by Gasteiger charge is -2.14. The van der Waals surface area contributed by atoms with Crippen LogP contribution in [0.4, 0.5) is 4.79 Å². The lowest BCUT2D eigenvalue weighted by atomic mass is 10.1. The third kappa shape index (κ3) is 6.92. The fourth-order valence-electron chi connectivity index (χ4n) is 1.94. The van der Waals surface area contributed by atoms with E-state index in [0.717, 1.165) is 11.1 Å². The summed E-state index contributed by atoms with van der Waals surface area (Å²) >= 11 is 0. The molecule has 1 atom stereocenters. The average Bonchev–Trinajstić information content (AvgIpc) is 2.54. The van der Waals surface area contributed by atoms with E-state index >= 15 is 0 Å². The smallest absolute Gasteiger partial charge is 0.326 e. The molecule has 0 aliphatic carbocycles. The predicted octanol–water partition coefficient (Wildman–Crippen LogP) is 1.20. The van der Waals surface area contributed by atoms with Gasteiger partial charge in [0.15, 0.2) is 6.10 Å². The molecule has 0 spiro atoms. The molecule has 142 valence electrons. The zero-order valence-corrected chi connectivity index (χ0v) is 15.6. The molecule has 1 rings (SSSR count). The van der Waals surface area contributed by atoms with Crippen LogP contribution in [0.1, 0.15) is 42.3 Å². The van der Waals surface area contributed by atoms with Crippen molar-refractivity contribution in [1.29, 1.82) is 0 Å². The Labute approximate surface area is 152 Å². The minimum Gasteiger partial charge on any atom is -0.451 e. The Morgan fingerprint density at radius 3 is 2.27 bits per heavy atom. The Kier molecular flexibility index (Phi) is 7.77. The molecule has 4 amide bonds. The Bertz CT molecular complexity index is 700. The van der Waals surface area contributed by atoms with E-state index in [9.17, 15) is 19.2 Å². The van der Waals surface area contributed by atoms with Crippen molar-refractivity contribution >= 4 is 23.8 Å². The van der Waals surface area contributed by atoms with E-state index in [-0.39, 0.29) is 12.6 Å². The highest BCUT2D eigenvalue weighted by Gasteiger charge is 2.20. The van der Waals surface area contributed by atoms with Gasteiger partial charge in [0.1, 0.15) is 6.54 Å². The molecule has 0 saturated heterocycles. The maximum atomic E-state index is 12.0. The van der Waals surface area contributed by atoms with Crippen LogP contribution in [0.15, 0.2) is 18.2 Å². The zero-order valence-electron chi connectivity index (χ0n) is 15.6. The van der Waals surface area contributed by atoms with E-state index in [1.165, 1.54) is 6.92 Å². The number of carbonyl (C=O) groups excluding carboxylic acids is 4. The van der Waals surface area contributed by atoms with Crippen LogP contribution in [0.3, 0.4) is 0 Å². The summed E-state index contributed by atoms with van der Waals surface area (Å²) in [6.45, 7) is 8.25. The van der Waals surface area contributed by atoms with Gasteiger partial charge in [-0.1, -0.05) is 6.07 Å². The van der Waals surface area contributed by atoms with Crippen LogP contribution in [-0.4, -0.2) is 42.5 Å². The summed E-state index contributed by atoms with van der Waals surface area (Å²) in [5, 5.41) is 6.98. The monoisotopic (exact) mass is 363 g/mol. The van der Waals surface area contributed by atoms with Crippen molar-refractivity contribution in [3.8, 4) is 0 Å². The summed E-state index contributed by atoms with van der Waals surface area (Å²) < 4.78 is 4.90. The SMILES string of the molecule is Cc1ccc(C(=O)NCC(=O)OC(C)C(=O)NC(=O)NC(C)C)cc1C. The second-order valence-electron chi connectivity index (χ2n) is 6.23. The molecule has 0 fully saturated rings. The number of hydrogen-bond donors (Lipinski definition) is 3. The predicted molar refractivity (Wildman–Crippen MR) is 95.6 cm³/mol. The van der Waals surface area contributed by atoms with Gasteiger partial charge >= 0.3 is 12.0 Å². The molecule has 1 aromatic rings. The van der Waals surface area contributed by atoms with Crippen molar-refractivity contribution in [1.82, 2.24) is 16.0 Å². The number of aryl methyl sites for hydroxylation is 2. The number of amides is 4. The van der Waals surface area contributed by atoms with Crippen molar-refractivity contribution in [2.75, 3.05) is 6.54 Å². The van der Waals surface area contributed by atoms with Crippen LogP contribution in [0.5, 0.6) is 0 Å². The number of nitrogens with one attached hydrogen (secondary N) is 3. The van der Waals surface area contributed by atoms with Gasteiger partial charge in [-0.05, 0) is 57.9 Å². The fraction of sp³-hybridized carbons (Fsp3) is 0.444. The minimum atomic E-state index is -1.17. The summed E-state index contributed by atoms with van der Waals surface area (Å²) in [4.78, 5) is 47.0. The lowest BCUT2D eigenvalue weighted by Crippen LogP contribution is -2.47. The molecule has 0 radical (unpaired) electrons. The summed E-state index contributed by atoms with van der Waals surface area (Å²) in [6.07, 6.45) is -1.17. The molecule has 1 unspecified atom stereocenters. The van der Waals surface area contributed by atoms with Crippen LogP contribution in [0.2, 0.25) is 0 Å². The van der Waals surface area contributed by atoms with E-state index in [2.05, 4.69) is 16.0 Å². The van der Waals surface area contributed by atoms with E-state index in [1.54, 1.807) is 26.0 Å². The number of rotatable bonds is 6. The molecule has 8 nitrogen and oxygen atoms in total. The molecular formula is C18H25N3O5. The summed E-state index contributed by atoms with van der Waals surface area (Å²) in [7, 11) is 0. The molecule has 0 aromatic heterocycles. The molecule has 26 heavy (non-hydrogen) atoms. The molecule has 0 aliphatic rings. The minimum absolute atomic E-state index is 0.138. The topological polar surface area (TPSA) is 114 Å². The Morgan fingerprint density at radius 2 is 1.69 bits per heavy atom. The third-order valence-corrected chi connectivity index (χ3v) is 3.50. The average molecular weight is 363 g/mol. The fourth-order valence-corrected chi connectivity index (χ4v) is 1.94. The van der Waals surface area contributed by atoms with E-state index < -0.39 is 29.9 Å². The highest BCUT2D eigenvalue weighted by molar-refractivity contribution is 5.98. The van der Waals surface area contributed by atoms with Crippen molar-refractivity contribution in [2.24, 2.45) is 0 Å². The molecule has 8 heteroatoms. The van der Waals surface area contributed by atoms with E-state index in [1.807, 2.05) is 19.9 Å². The van der Waals surface area contributed by atoms with E-state index in [0.29, 0.717) is 5.56 Å². The van der Waals surface area contributed by atoms with Crippen LogP contribution in [0.25, 0.3) is 0 Å². The van der Waals surface area contributed by atoms with Crippen molar-refractivity contribution in [3.05, 3.63) is 34.9 Å². The van der Waals surface area contributed by atoms with Gasteiger partial charge in [0.05, 0.1) is 0 Å². The molecule has 0 saturated carbocycles. The molecule has 0 bridgehead atoms. The van der Waals surface area contributed by atoms with Gasteiger partial charge < -0.3 is 15.4 Å². The molecule has 3 N–H and O–H groups in total. The molecule has 0 aliphatic heterocycles. The highest BCUT2D eigenvalue weighted by Crippen LogP contribution is 2.09. The first-order valence-electron chi connectivity index (χ1n) is 8.26. The lowest BCUT2D eigenvalue weighted by molar-refractivity contribution is -0.153. The number of hydrogen-bond acceptors (Lipinski definition) is 5. The standard InChI is InChI=1S/C18H25N3O5/c1-10(2)20-18(25)21-16(23)13(5)26-15(22)9-19-17(24)14-7-6-11(3)12(4)8-14/h6-8,10,13H,9H2,1-5H3,(H,19,24)(H2,20,21,23,25). The van der Waals surface area contributed by atoms with Crippen LogP contribution in [-0.2, 0) is 14.3 Å². The normalized spacial score (nSPS) is 11.5. The number of carbonyl (C=O) groups is 4. The van der Waals surface area contributed by atoms with Crippen molar-refractivity contribution < 1.29 is 23.9 Å². The van der Waals surface area contributed by atoms with Gasteiger partial charge in [-0.25, -0.2) is 4.79 Å². The van der Waals surface area contributed by atoms with Gasteiger partial charge in [-0.3, -0.25) is 19.7 Å². The molecule has 1 aromatic carbocycles. The maximum Gasteiger partial charge on any atom is 0.326 e. The van der Waals surface area contributed by atoms with Crippen molar-refractivity contribution in [2.45, 2.75) is 46.8 Å². The Balaban J connectivity index is 2.45. The van der Waals surface area contributed by atoms with Crippen LogP contribution in [0, 0.1) is 13.8 Å². The molecule has 0 heterocycles. The summed E-state index contributed by atoms with van der Waals surface area (Å²) in [6, 6.07) is 4.39. The van der Waals surface area contributed by atoms with Crippen LogP contribution >= 0.6 is 0 Å². The first-order chi connectivity index (χ1) is 12.1. The van der Waals surface area contributed by atoms with Gasteiger partial charge in [-0.2, -0.15) is 0 Å². The number of imide groups is 1. The zero-order chi connectivity index (χ0) is 19.9. The number of ether oxygens (including phenoxy) is 1. The van der Waals surface area contributed by atoms with Gasteiger partial charge in [0, 0.05) is 11.6 Å². The van der Waals surface area contributed by atoms with Gasteiger partial charge in [0.25, 0.3) is 11.8 Å². The summed E-state index contributed by atoms with van der Waals surface area (Å²) in [5.41, 5.74) is 2.45. The first kappa shape index (κ1) is 21.1. The molecular weight excluding hydrogens is 338 g/mol. The quantitative estimate of drug-likeness (QED) is 0.657. The third-order valence-electron chi connectivity index (χ3n) is 3.50. The maximum absolute atomic E-state index is 12.0. The second-order valence-corrected chi connectivity index (χ2v) is 6.23. The van der Waals surface area contributed by atoms with Gasteiger partial charge in [0.2, 0.25) is 0 Å². The number of esters is 1. The summed E-state index contributed by atoms with van der Waals surface area (Å²) in [5.74, 6) is -1.95. The number of urea groups is 1. The Morgan fingerprint density at radius 1 is 1.04 bits per heavy atom. The Hall–Kier alpha value is -2.90. The van der Waals surface area contributed by atoms with Crippen LogP contribution < -0.4 is 16.0 Å². The first-order valence-corrected chi connectivity index (χ1v) is 8.26. The largest absolute Gasteiger partial charge is 0.451 e.